The summed E-state index contributed by atoms with van der Waals surface area (Å²) < 4.78 is 16.3. The monoisotopic (exact) mass is 357 g/mol. The molecule has 1 N–H and O–H groups in total. The van der Waals surface area contributed by atoms with Crippen LogP contribution in [0.1, 0.15) is 17.3 Å². The Morgan fingerprint density at radius 1 is 1.12 bits per heavy atom. The molecule has 0 spiro atoms. The first kappa shape index (κ1) is 17.6. The number of nitrogens with zero attached hydrogens (tertiary/aromatic N) is 1. The summed E-state index contributed by atoms with van der Waals surface area (Å²) in [5.41, 5.74) is 0.915. The first-order valence-electron chi connectivity index (χ1n) is 8.24. The number of carboxylic acids is 1. The first-order valence-corrected chi connectivity index (χ1v) is 8.24. The van der Waals surface area contributed by atoms with E-state index in [-0.39, 0.29) is 12.2 Å². The number of amides is 1. The maximum absolute atomic E-state index is 12.1. The number of carbonyl (C=O) groups is 2. The number of cyclic esters (lactones) is 1. The van der Waals surface area contributed by atoms with E-state index in [1.807, 2.05) is 6.92 Å². The molecule has 7 heteroatoms. The Bertz CT molecular complexity index is 772. The topological polar surface area (TPSA) is 85.3 Å². The molecule has 2 aromatic rings. The average Bonchev–Trinajstić information content (AvgIpc) is 3.02. The van der Waals surface area contributed by atoms with Gasteiger partial charge in [-0.2, -0.15) is 0 Å². The van der Waals surface area contributed by atoms with Crippen molar-refractivity contribution in [3.05, 3.63) is 54.1 Å². The van der Waals surface area contributed by atoms with Gasteiger partial charge in [0.25, 0.3) is 0 Å². The lowest BCUT2D eigenvalue weighted by atomic mass is 10.2. The number of benzene rings is 2. The number of carboxylic acid groups (broad SMARTS) is 1. The first-order chi connectivity index (χ1) is 12.6. The number of aromatic carboxylic acids is 1. The highest BCUT2D eigenvalue weighted by Crippen LogP contribution is 2.24. The van der Waals surface area contributed by atoms with Crippen LogP contribution in [0.2, 0.25) is 0 Å². The number of carbonyl (C=O) groups excluding carboxylic acids is 1. The zero-order valence-corrected chi connectivity index (χ0v) is 14.3. The molecule has 1 aliphatic heterocycles. The molecule has 2 aromatic carbocycles. The van der Waals surface area contributed by atoms with E-state index in [1.54, 1.807) is 36.4 Å². The molecule has 1 unspecified atom stereocenters. The standard InChI is InChI=1S/C19H19NO6/c1-2-24-15-9-5-14(6-10-15)20-11-17(26-19(20)23)12-25-16-7-3-13(4-8-16)18(21)22/h3-10,17H,2,11-12H2,1H3,(H,21,22). The molecule has 1 atom stereocenters. The SMILES string of the molecule is CCOc1ccc(N2CC(COc3ccc(C(=O)O)cc3)OC2=O)cc1. The minimum Gasteiger partial charge on any atom is -0.494 e. The molecule has 7 nitrogen and oxygen atoms in total. The molecule has 0 aliphatic carbocycles. The molecule has 1 heterocycles. The van der Waals surface area contributed by atoms with Crippen LogP contribution < -0.4 is 14.4 Å². The van der Waals surface area contributed by atoms with Crippen molar-refractivity contribution < 1.29 is 28.9 Å². The van der Waals surface area contributed by atoms with E-state index < -0.39 is 18.2 Å². The van der Waals surface area contributed by atoms with Crippen LogP contribution in [-0.2, 0) is 4.74 Å². The highest BCUT2D eigenvalue weighted by atomic mass is 16.6. The lowest BCUT2D eigenvalue weighted by molar-refractivity contribution is 0.0696. The molecule has 1 fully saturated rings. The van der Waals surface area contributed by atoms with Crippen molar-refractivity contribution in [2.45, 2.75) is 13.0 Å². The number of hydrogen-bond acceptors (Lipinski definition) is 5. The third kappa shape index (κ3) is 4.05. The van der Waals surface area contributed by atoms with Gasteiger partial charge >= 0.3 is 12.1 Å². The van der Waals surface area contributed by atoms with Gasteiger partial charge in [0, 0.05) is 5.69 Å². The second kappa shape index (κ2) is 7.77. The Labute approximate surface area is 150 Å². The zero-order valence-electron chi connectivity index (χ0n) is 14.3. The number of rotatable bonds is 7. The Morgan fingerprint density at radius 3 is 2.35 bits per heavy atom. The molecule has 0 saturated carbocycles. The van der Waals surface area contributed by atoms with Gasteiger partial charge in [-0.25, -0.2) is 9.59 Å². The molecule has 1 saturated heterocycles. The summed E-state index contributed by atoms with van der Waals surface area (Å²) in [4.78, 5) is 24.4. The molecule has 1 aliphatic rings. The van der Waals surface area contributed by atoms with Crippen LogP contribution >= 0.6 is 0 Å². The largest absolute Gasteiger partial charge is 0.494 e. The highest BCUT2D eigenvalue weighted by molar-refractivity contribution is 5.89. The highest BCUT2D eigenvalue weighted by Gasteiger charge is 2.32. The molecule has 0 aromatic heterocycles. The third-order valence-corrected chi connectivity index (χ3v) is 3.87. The lowest BCUT2D eigenvalue weighted by Gasteiger charge is -2.14. The van der Waals surface area contributed by atoms with E-state index >= 15 is 0 Å². The fourth-order valence-corrected chi connectivity index (χ4v) is 2.59. The van der Waals surface area contributed by atoms with Gasteiger partial charge in [0.1, 0.15) is 18.1 Å². The van der Waals surface area contributed by atoms with Crippen LogP contribution in [0.3, 0.4) is 0 Å². The number of ether oxygens (including phenoxy) is 3. The molecule has 0 bridgehead atoms. The van der Waals surface area contributed by atoms with Gasteiger partial charge in [-0.1, -0.05) is 0 Å². The normalized spacial score (nSPS) is 16.3. The van der Waals surface area contributed by atoms with Crippen LogP contribution in [0.15, 0.2) is 48.5 Å². The summed E-state index contributed by atoms with van der Waals surface area (Å²) in [6.07, 6.45) is -0.836. The lowest BCUT2D eigenvalue weighted by Crippen LogP contribution is -2.26. The van der Waals surface area contributed by atoms with E-state index in [9.17, 15) is 9.59 Å². The van der Waals surface area contributed by atoms with E-state index in [0.717, 1.165) is 11.4 Å². The molecule has 3 rings (SSSR count). The van der Waals surface area contributed by atoms with E-state index in [1.165, 1.54) is 17.0 Å². The molecule has 1 amide bonds. The Hall–Kier alpha value is -3.22. The van der Waals surface area contributed by atoms with Crippen LogP contribution in [0, 0.1) is 0 Å². The molecular formula is C19H19NO6. The van der Waals surface area contributed by atoms with Crippen LogP contribution in [-0.4, -0.2) is 43.0 Å². The van der Waals surface area contributed by atoms with Crippen molar-refractivity contribution in [2.75, 3.05) is 24.7 Å². The van der Waals surface area contributed by atoms with Gasteiger partial charge in [0.15, 0.2) is 6.10 Å². The Kier molecular flexibility index (Phi) is 5.26. The second-order valence-electron chi connectivity index (χ2n) is 5.68. The van der Waals surface area contributed by atoms with E-state index in [2.05, 4.69) is 0 Å². The zero-order chi connectivity index (χ0) is 18.5. The summed E-state index contributed by atoms with van der Waals surface area (Å²) in [7, 11) is 0. The van der Waals surface area contributed by atoms with E-state index in [0.29, 0.717) is 18.9 Å². The predicted octanol–water partition coefficient (Wildman–Crippen LogP) is 3.19. The summed E-state index contributed by atoms with van der Waals surface area (Å²) in [5, 5.41) is 8.88. The van der Waals surface area contributed by atoms with Gasteiger partial charge in [0.2, 0.25) is 0 Å². The molecule has 26 heavy (non-hydrogen) atoms. The Balaban J connectivity index is 1.56. The maximum Gasteiger partial charge on any atom is 0.414 e. The summed E-state index contributed by atoms with van der Waals surface area (Å²) in [6, 6.07) is 13.3. The van der Waals surface area contributed by atoms with Crippen molar-refractivity contribution in [3.63, 3.8) is 0 Å². The Morgan fingerprint density at radius 2 is 1.73 bits per heavy atom. The van der Waals surface area contributed by atoms with E-state index in [4.69, 9.17) is 19.3 Å². The number of hydrogen-bond donors (Lipinski definition) is 1. The molecule has 0 radical (unpaired) electrons. The fourth-order valence-electron chi connectivity index (χ4n) is 2.59. The van der Waals surface area contributed by atoms with Crippen molar-refractivity contribution in [3.8, 4) is 11.5 Å². The van der Waals surface area contributed by atoms with Crippen LogP contribution in [0.4, 0.5) is 10.5 Å². The van der Waals surface area contributed by atoms with Gasteiger partial charge in [-0.15, -0.1) is 0 Å². The molecular weight excluding hydrogens is 338 g/mol. The summed E-state index contributed by atoms with van der Waals surface area (Å²) in [5.74, 6) is 0.270. The van der Waals surface area contributed by atoms with Crippen molar-refractivity contribution >= 4 is 17.7 Å². The van der Waals surface area contributed by atoms with Gasteiger partial charge < -0.3 is 19.3 Å². The molecule has 136 valence electrons. The third-order valence-electron chi connectivity index (χ3n) is 3.87. The van der Waals surface area contributed by atoms with Gasteiger partial charge in [-0.05, 0) is 55.5 Å². The second-order valence-corrected chi connectivity index (χ2v) is 5.68. The van der Waals surface area contributed by atoms with Crippen molar-refractivity contribution in [1.82, 2.24) is 0 Å². The van der Waals surface area contributed by atoms with Crippen LogP contribution in [0.25, 0.3) is 0 Å². The smallest absolute Gasteiger partial charge is 0.414 e. The predicted molar refractivity (Wildman–Crippen MR) is 94.1 cm³/mol. The maximum atomic E-state index is 12.1. The van der Waals surface area contributed by atoms with Crippen molar-refractivity contribution in [2.24, 2.45) is 0 Å². The quantitative estimate of drug-likeness (QED) is 0.819. The minimum atomic E-state index is -0.993. The summed E-state index contributed by atoms with van der Waals surface area (Å²) in [6.45, 7) is 3.05. The fraction of sp³-hybridized carbons (Fsp3) is 0.263. The number of anilines is 1. The average molecular weight is 357 g/mol. The van der Waals surface area contributed by atoms with Gasteiger partial charge in [-0.3, -0.25) is 4.90 Å². The van der Waals surface area contributed by atoms with Crippen LogP contribution in [0.5, 0.6) is 11.5 Å². The van der Waals surface area contributed by atoms with Crippen molar-refractivity contribution in [1.29, 1.82) is 0 Å². The van der Waals surface area contributed by atoms with Gasteiger partial charge in [0.05, 0.1) is 18.7 Å². The summed E-state index contributed by atoms with van der Waals surface area (Å²) >= 11 is 0. The minimum absolute atomic E-state index is 0.186.